The molecule has 0 spiro atoms. The molecule has 0 amide bonds. The average molecular weight is 294 g/mol. The Hall–Kier alpha value is -1.25. The Morgan fingerprint density at radius 1 is 1.20 bits per heavy atom. The van der Waals surface area contributed by atoms with Gasteiger partial charge in [-0.05, 0) is 42.7 Å². The van der Waals surface area contributed by atoms with Crippen molar-refractivity contribution >= 4 is 11.6 Å². The van der Waals surface area contributed by atoms with Gasteiger partial charge in [0.2, 0.25) is 0 Å². The van der Waals surface area contributed by atoms with Crippen molar-refractivity contribution in [3.8, 4) is 5.75 Å². The molecule has 1 atom stereocenters. The smallest absolute Gasteiger partial charge is 0.119 e. The molecular formula is C17H24ClNO. The number of ether oxygens (including phenoxy) is 1. The third-order valence-electron chi connectivity index (χ3n) is 3.31. The van der Waals surface area contributed by atoms with Crippen LogP contribution < -0.4 is 4.74 Å². The average Bonchev–Trinajstić information content (AvgIpc) is 2.38. The van der Waals surface area contributed by atoms with Crippen LogP contribution in [-0.4, -0.2) is 31.6 Å². The van der Waals surface area contributed by atoms with Crippen LogP contribution in [0.25, 0.3) is 0 Å². The molecule has 1 rings (SSSR count). The molecule has 0 aromatic heterocycles. The SMILES string of the molecule is C=CCN(CC=C)CC(Cl)c1c(C)cc(OC)cc1C. The molecule has 0 aliphatic carbocycles. The van der Waals surface area contributed by atoms with E-state index in [-0.39, 0.29) is 5.38 Å². The number of rotatable bonds is 8. The van der Waals surface area contributed by atoms with Gasteiger partial charge in [-0.15, -0.1) is 24.8 Å². The Balaban J connectivity index is 2.93. The van der Waals surface area contributed by atoms with E-state index in [2.05, 4.69) is 31.9 Å². The molecule has 0 bridgehead atoms. The van der Waals surface area contributed by atoms with Gasteiger partial charge in [0.1, 0.15) is 5.75 Å². The zero-order chi connectivity index (χ0) is 15.1. The predicted octanol–water partition coefficient (Wildman–Crippen LogP) is 4.27. The highest BCUT2D eigenvalue weighted by Crippen LogP contribution is 2.31. The molecule has 0 aliphatic rings. The van der Waals surface area contributed by atoms with Crippen molar-refractivity contribution in [2.24, 2.45) is 0 Å². The molecular weight excluding hydrogens is 270 g/mol. The number of methoxy groups -OCH3 is 1. The third-order valence-corrected chi connectivity index (χ3v) is 3.67. The zero-order valence-corrected chi connectivity index (χ0v) is 13.4. The van der Waals surface area contributed by atoms with Gasteiger partial charge in [-0.2, -0.15) is 0 Å². The molecule has 0 fully saturated rings. The number of halogens is 1. The van der Waals surface area contributed by atoms with Crippen molar-refractivity contribution in [2.45, 2.75) is 19.2 Å². The van der Waals surface area contributed by atoms with Crippen LogP contribution in [0.2, 0.25) is 0 Å². The summed E-state index contributed by atoms with van der Waals surface area (Å²) in [5.74, 6) is 0.877. The number of hydrogen-bond acceptors (Lipinski definition) is 2. The Bertz CT molecular complexity index is 437. The van der Waals surface area contributed by atoms with Crippen LogP contribution in [0.1, 0.15) is 22.1 Å². The van der Waals surface area contributed by atoms with E-state index in [1.807, 2.05) is 24.3 Å². The van der Waals surface area contributed by atoms with Crippen LogP contribution in [0.15, 0.2) is 37.4 Å². The van der Waals surface area contributed by atoms with Crippen LogP contribution in [0.5, 0.6) is 5.75 Å². The molecule has 0 saturated carbocycles. The molecule has 1 aromatic carbocycles. The van der Waals surface area contributed by atoms with E-state index in [4.69, 9.17) is 16.3 Å². The minimum Gasteiger partial charge on any atom is -0.497 e. The van der Waals surface area contributed by atoms with Crippen LogP contribution in [0.4, 0.5) is 0 Å². The molecule has 110 valence electrons. The lowest BCUT2D eigenvalue weighted by Gasteiger charge is -2.24. The summed E-state index contributed by atoms with van der Waals surface area (Å²) in [4.78, 5) is 2.22. The van der Waals surface area contributed by atoms with Crippen molar-refractivity contribution in [3.63, 3.8) is 0 Å². The van der Waals surface area contributed by atoms with Gasteiger partial charge in [0.15, 0.2) is 0 Å². The van der Waals surface area contributed by atoms with Gasteiger partial charge in [0.05, 0.1) is 12.5 Å². The third kappa shape index (κ3) is 4.39. The van der Waals surface area contributed by atoms with E-state index in [1.165, 1.54) is 16.7 Å². The topological polar surface area (TPSA) is 12.5 Å². The predicted molar refractivity (Wildman–Crippen MR) is 87.9 cm³/mol. The van der Waals surface area contributed by atoms with Gasteiger partial charge in [-0.1, -0.05) is 12.2 Å². The second-order valence-electron chi connectivity index (χ2n) is 4.94. The summed E-state index contributed by atoms with van der Waals surface area (Å²) in [5, 5.41) is -0.0548. The minimum absolute atomic E-state index is 0.0548. The molecule has 3 heteroatoms. The summed E-state index contributed by atoms with van der Waals surface area (Å²) in [6, 6.07) is 4.06. The van der Waals surface area contributed by atoms with E-state index < -0.39 is 0 Å². The fourth-order valence-corrected chi connectivity index (χ4v) is 2.99. The summed E-state index contributed by atoms with van der Waals surface area (Å²) >= 11 is 6.63. The second kappa shape index (κ2) is 8.13. The fraction of sp³-hybridized carbons (Fsp3) is 0.412. The van der Waals surface area contributed by atoms with Crippen molar-refractivity contribution in [1.82, 2.24) is 4.90 Å². The Morgan fingerprint density at radius 2 is 1.70 bits per heavy atom. The van der Waals surface area contributed by atoms with Crippen LogP contribution >= 0.6 is 11.6 Å². The number of benzene rings is 1. The van der Waals surface area contributed by atoms with E-state index >= 15 is 0 Å². The first kappa shape index (κ1) is 16.8. The van der Waals surface area contributed by atoms with E-state index in [0.717, 1.165) is 25.4 Å². The molecule has 1 aromatic rings. The van der Waals surface area contributed by atoms with Gasteiger partial charge in [-0.3, -0.25) is 4.90 Å². The highest BCUT2D eigenvalue weighted by molar-refractivity contribution is 6.21. The maximum absolute atomic E-state index is 6.63. The van der Waals surface area contributed by atoms with Gasteiger partial charge in [-0.25, -0.2) is 0 Å². The van der Waals surface area contributed by atoms with Gasteiger partial charge < -0.3 is 4.74 Å². The highest BCUT2D eigenvalue weighted by Gasteiger charge is 2.17. The normalized spacial score (nSPS) is 12.2. The molecule has 2 nitrogen and oxygen atoms in total. The number of aryl methyl sites for hydroxylation is 2. The van der Waals surface area contributed by atoms with Crippen molar-refractivity contribution in [3.05, 3.63) is 54.1 Å². The lowest BCUT2D eigenvalue weighted by molar-refractivity contribution is 0.335. The number of hydrogen-bond donors (Lipinski definition) is 0. The van der Waals surface area contributed by atoms with Gasteiger partial charge in [0.25, 0.3) is 0 Å². The first-order valence-electron chi connectivity index (χ1n) is 6.76. The molecule has 0 saturated heterocycles. The Labute approximate surface area is 127 Å². The van der Waals surface area contributed by atoms with E-state index in [1.54, 1.807) is 7.11 Å². The molecule has 0 aliphatic heterocycles. The molecule has 0 N–H and O–H groups in total. The maximum Gasteiger partial charge on any atom is 0.119 e. The first-order chi connectivity index (χ1) is 9.53. The number of alkyl halides is 1. The van der Waals surface area contributed by atoms with Gasteiger partial charge >= 0.3 is 0 Å². The largest absolute Gasteiger partial charge is 0.497 e. The Morgan fingerprint density at radius 3 is 2.10 bits per heavy atom. The highest BCUT2D eigenvalue weighted by atomic mass is 35.5. The van der Waals surface area contributed by atoms with E-state index in [0.29, 0.717) is 0 Å². The maximum atomic E-state index is 6.63. The van der Waals surface area contributed by atoms with Crippen LogP contribution in [0.3, 0.4) is 0 Å². The second-order valence-corrected chi connectivity index (χ2v) is 5.47. The summed E-state index contributed by atoms with van der Waals surface area (Å²) < 4.78 is 5.29. The molecule has 1 unspecified atom stereocenters. The fourth-order valence-electron chi connectivity index (χ4n) is 2.45. The van der Waals surface area contributed by atoms with Crippen molar-refractivity contribution in [2.75, 3.05) is 26.7 Å². The molecule has 0 radical (unpaired) electrons. The zero-order valence-electron chi connectivity index (χ0n) is 12.7. The van der Waals surface area contributed by atoms with Crippen molar-refractivity contribution < 1.29 is 4.74 Å². The quantitative estimate of drug-likeness (QED) is 0.524. The summed E-state index contributed by atoms with van der Waals surface area (Å²) in [6.07, 6.45) is 3.78. The van der Waals surface area contributed by atoms with Crippen LogP contribution in [0, 0.1) is 13.8 Å². The summed E-state index contributed by atoms with van der Waals surface area (Å²) in [7, 11) is 1.68. The summed E-state index contributed by atoms with van der Waals surface area (Å²) in [6.45, 7) is 14.1. The Kier molecular flexibility index (Phi) is 6.83. The molecule has 20 heavy (non-hydrogen) atoms. The standard InChI is InChI=1S/C17H24ClNO/c1-6-8-19(9-7-2)12-16(18)17-13(3)10-15(20-5)11-14(17)4/h6-7,10-11,16H,1-2,8-9,12H2,3-5H3. The van der Waals surface area contributed by atoms with Crippen molar-refractivity contribution in [1.29, 1.82) is 0 Å². The monoisotopic (exact) mass is 293 g/mol. The lowest BCUT2D eigenvalue weighted by atomic mass is 9.99. The number of nitrogens with zero attached hydrogens (tertiary/aromatic N) is 1. The molecule has 0 heterocycles. The summed E-state index contributed by atoms with van der Waals surface area (Å²) in [5.41, 5.74) is 3.52. The van der Waals surface area contributed by atoms with E-state index in [9.17, 15) is 0 Å². The first-order valence-corrected chi connectivity index (χ1v) is 7.20. The lowest BCUT2D eigenvalue weighted by Crippen LogP contribution is -2.28. The minimum atomic E-state index is -0.0548. The van der Waals surface area contributed by atoms with Gasteiger partial charge in [0, 0.05) is 19.6 Å². The van der Waals surface area contributed by atoms with Crippen LogP contribution in [-0.2, 0) is 0 Å².